The number of unbranched alkanes of at least 4 members (excludes halogenated alkanes) is 3. The number of ether oxygens (including phenoxy) is 1. The SMILES string of the molecule is CCCCCCC(O)C1OC(=O)C(C)=C1C(=O)O. The maximum atomic E-state index is 11.3. The Labute approximate surface area is 106 Å². The van der Waals surface area contributed by atoms with Crippen molar-refractivity contribution in [3.05, 3.63) is 11.1 Å². The van der Waals surface area contributed by atoms with Gasteiger partial charge in [0.2, 0.25) is 0 Å². The van der Waals surface area contributed by atoms with E-state index in [2.05, 4.69) is 6.92 Å². The zero-order valence-corrected chi connectivity index (χ0v) is 10.8. The van der Waals surface area contributed by atoms with Crippen molar-refractivity contribution in [2.24, 2.45) is 0 Å². The molecular weight excluding hydrogens is 236 g/mol. The Morgan fingerprint density at radius 3 is 2.61 bits per heavy atom. The fourth-order valence-corrected chi connectivity index (χ4v) is 2.07. The number of aliphatic carboxylic acids is 1. The average molecular weight is 256 g/mol. The lowest BCUT2D eigenvalue weighted by atomic mass is 9.98. The van der Waals surface area contributed by atoms with Crippen LogP contribution in [0.15, 0.2) is 11.1 Å². The van der Waals surface area contributed by atoms with Gasteiger partial charge in [0.05, 0.1) is 11.7 Å². The minimum atomic E-state index is -1.20. The summed E-state index contributed by atoms with van der Waals surface area (Å²) in [6.07, 6.45) is 2.45. The van der Waals surface area contributed by atoms with Crippen molar-refractivity contribution < 1.29 is 24.5 Å². The molecule has 2 atom stereocenters. The van der Waals surface area contributed by atoms with Crippen molar-refractivity contribution >= 4 is 11.9 Å². The van der Waals surface area contributed by atoms with Gasteiger partial charge in [-0.25, -0.2) is 9.59 Å². The molecule has 0 bridgehead atoms. The number of carboxylic acid groups (broad SMARTS) is 1. The van der Waals surface area contributed by atoms with Crippen LogP contribution in [0.25, 0.3) is 0 Å². The molecule has 1 heterocycles. The van der Waals surface area contributed by atoms with Gasteiger partial charge in [0, 0.05) is 5.57 Å². The van der Waals surface area contributed by atoms with Crippen LogP contribution < -0.4 is 0 Å². The molecule has 102 valence electrons. The first-order valence-electron chi connectivity index (χ1n) is 6.32. The van der Waals surface area contributed by atoms with Gasteiger partial charge >= 0.3 is 11.9 Å². The van der Waals surface area contributed by atoms with Crippen molar-refractivity contribution in [1.82, 2.24) is 0 Å². The van der Waals surface area contributed by atoms with Gasteiger partial charge in [0.15, 0.2) is 6.10 Å². The predicted octanol–water partition coefficient (Wildman–Crippen LogP) is 1.64. The monoisotopic (exact) mass is 256 g/mol. The average Bonchev–Trinajstić information content (AvgIpc) is 2.61. The highest BCUT2D eigenvalue weighted by atomic mass is 16.6. The Balaban J connectivity index is 2.60. The van der Waals surface area contributed by atoms with Gasteiger partial charge in [-0.15, -0.1) is 0 Å². The first-order valence-corrected chi connectivity index (χ1v) is 6.32. The molecule has 18 heavy (non-hydrogen) atoms. The lowest BCUT2D eigenvalue weighted by molar-refractivity contribution is -0.145. The van der Waals surface area contributed by atoms with E-state index < -0.39 is 24.1 Å². The fourth-order valence-electron chi connectivity index (χ4n) is 2.07. The summed E-state index contributed by atoms with van der Waals surface area (Å²) in [6.45, 7) is 3.50. The van der Waals surface area contributed by atoms with Crippen LogP contribution in [0.2, 0.25) is 0 Å². The number of carbonyl (C=O) groups excluding carboxylic acids is 1. The highest BCUT2D eigenvalue weighted by molar-refractivity contribution is 6.03. The first-order chi connectivity index (χ1) is 8.49. The van der Waals surface area contributed by atoms with E-state index in [1.54, 1.807) is 0 Å². The standard InChI is InChI=1S/C13H20O5/c1-3-4-5-6-7-9(14)11-10(12(15)16)8(2)13(17)18-11/h9,11,14H,3-7H2,1-2H3,(H,15,16). The van der Waals surface area contributed by atoms with Crippen molar-refractivity contribution in [3.8, 4) is 0 Å². The summed E-state index contributed by atoms with van der Waals surface area (Å²) in [5, 5.41) is 19.0. The fraction of sp³-hybridized carbons (Fsp3) is 0.692. The van der Waals surface area contributed by atoms with E-state index in [4.69, 9.17) is 9.84 Å². The van der Waals surface area contributed by atoms with Crippen LogP contribution in [-0.4, -0.2) is 34.4 Å². The molecule has 0 amide bonds. The summed E-state index contributed by atoms with van der Waals surface area (Å²) in [7, 11) is 0. The van der Waals surface area contributed by atoms with Crippen LogP contribution in [0, 0.1) is 0 Å². The summed E-state index contributed by atoms with van der Waals surface area (Å²) in [6, 6.07) is 0. The normalized spacial score (nSPS) is 21.1. The molecule has 1 rings (SSSR count). The van der Waals surface area contributed by atoms with Crippen molar-refractivity contribution in [2.75, 3.05) is 0 Å². The number of aliphatic hydroxyl groups excluding tert-OH is 1. The van der Waals surface area contributed by atoms with Crippen LogP contribution in [0.4, 0.5) is 0 Å². The molecule has 0 aromatic rings. The number of rotatable bonds is 7. The van der Waals surface area contributed by atoms with E-state index in [1.165, 1.54) is 6.92 Å². The third-order valence-corrected chi connectivity index (χ3v) is 3.16. The molecule has 0 saturated heterocycles. The Hall–Kier alpha value is -1.36. The Morgan fingerprint density at radius 1 is 1.39 bits per heavy atom. The smallest absolute Gasteiger partial charge is 0.335 e. The van der Waals surface area contributed by atoms with Gasteiger partial charge in [-0.2, -0.15) is 0 Å². The third kappa shape index (κ3) is 3.32. The molecule has 2 N–H and O–H groups in total. The number of hydrogen-bond donors (Lipinski definition) is 2. The van der Waals surface area contributed by atoms with Gasteiger partial charge in [0.25, 0.3) is 0 Å². The summed E-state index contributed by atoms with van der Waals surface area (Å²) >= 11 is 0. The summed E-state index contributed by atoms with van der Waals surface area (Å²) in [5.41, 5.74) is -0.0249. The third-order valence-electron chi connectivity index (χ3n) is 3.16. The van der Waals surface area contributed by atoms with Crippen molar-refractivity contribution in [3.63, 3.8) is 0 Å². The largest absolute Gasteiger partial charge is 0.478 e. The van der Waals surface area contributed by atoms with Crippen molar-refractivity contribution in [1.29, 1.82) is 0 Å². The van der Waals surface area contributed by atoms with E-state index in [9.17, 15) is 14.7 Å². The number of hydrogen-bond acceptors (Lipinski definition) is 4. The molecule has 1 aliphatic rings. The first kappa shape index (κ1) is 14.7. The summed E-state index contributed by atoms with van der Waals surface area (Å²) in [4.78, 5) is 22.4. The van der Waals surface area contributed by atoms with Gasteiger partial charge < -0.3 is 14.9 Å². The number of carboxylic acids is 1. The zero-order valence-electron chi connectivity index (χ0n) is 10.8. The minimum absolute atomic E-state index is 0.0834. The number of aliphatic hydroxyl groups is 1. The summed E-state index contributed by atoms with van der Waals surface area (Å²) < 4.78 is 4.92. The molecule has 0 aromatic heterocycles. The van der Waals surface area contributed by atoms with Gasteiger partial charge in [-0.3, -0.25) is 0 Å². The predicted molar refractivity (Wildman–Crippen MR) is 65.0 cm³/mol. The molecule has 5 nitrogen and oxygen atoms in total. The topological polar surface area (TPSA) is 83.8 Å². The van der Waals surface area contributed by atoms with Gasteiger partial charge in [0.1, 0.15) is 0 Å². The van der Waals surface area contributed by atoms with Crippen LogP contribution in [0.3, 0.4) is 0 Å². The van der Waals surface area contributed by atoms with E-state index in [-0.39, 0.29) is 11.1 Å². The second-order valence-corrected chi connectivity index (χ2v) is 4.59. The summed E-state index contributed by atoms with van der Waals surface area (Å²) in [5.74, 6) is -1.85. The number of cyclic esters (lactones) is 1. The molecule has 0 aliphatic carbocycles. The molecule has 0 aromatic carbocycles. The van der Waals surface area contributed by atoms with E-state index in [1.807, 2.05) is 0 Å². The second kappa shape index (κ2) is 6.54. The van der Waals surface area contributed by atoms with Crippen LogP contribution >= 0.6 is 0 Å². The maximum absolute atomic E-state index is 11.3. The molecule has 5 heteroatoms. The van der Waals surface area contributed by atoms with E-state index >= 15 is 0 Å². The minimum Gasteiger partial charge on any atom is -0.478 e. The van der Waals surface area contributed by atoms with Crippen LogP contribution in [0.5, 0.6) is 0 Å². The molecule has 2 unspecified atom stereocenters. The Bertz CT molecular complexity index is 358. The quantitative estimate of drug-likeness (QED) is 0.534. The van der Waals surface area contributed by atoms with Crippen molar-refractivity contribution in [2.45, 2.75) is 58.2 Å². The molecular formula is C13H20O5. The number of esters is 1. The highest BCUT2D eigenvalue weighted by Crippen LogP contribution is 2.27. The number of carbonyl (C=O) groups is 2. The highest BCUT2D eigenvalue weighted by Gasteiger charge is 2.39. The lowest BCUT2D eigenvalue weighted by Gasteiger charge is -2.18. The Kier molecular flexibility index (Phi) is 5.34. The molecule has 0 radical (unpaired) electrons. The second-order valence-electron chi connectivity index (χ2n) is 4.59. The van der Waals surface area contributed by atoms with Gasteiger partial charge in [-0.05, 0) is 13.3 Å². The molecule has 1 aliphatic heterocycles. The van der Waals surface area contributed by atoms with E-state index in [0.29, 0.717) is 6.42 Å². The van der Waals surface area contributed by atoms with Crippen LogP contribution in [-0.2, 0) is 14.3 Å². The molecule has 0 saturated carbocycles. The zero-order chi connectivity index (χ0) is 13.7. The van der Waals surface area contributed by atoms with Gasteiger partial charge in [-0.1, -0.05) is 32.6 Å². The maximum Gasteiger partial charge on any atom is 0.335 e. The van der Waals surface area contributed by atoms with E-state index in [0.717, 1.165) is 25.7 Å². The van der Waals surface area contributed by atoms with Crippen LogP contribution in [0.1, 0.15) is 46.0 Å². The molecule has 0 spiro atoms. The molecule has 0 fully saturated rings. The Morgan fingerprint density at radius 2 is 2.06 bits per heavy atom. The lowest BCUT2D eigenvalue weighted by Crippen LogP contribution is -2.31.